The van der Waals surface area contributed by atoms with Crippen LogP contribution in [0, 0.1) is 0 Å². The number of halogens is 1. The molecule has 0 amide bonds. The van der Waals surface area contributed by atoms with Crippen molar-refractivity contribution in [3.05, 3.63) is 77.9 Å². The number of nitrogens with zero attached hydrogens (tertiary/aromatic N) is 1. The number of pyridine rings is 1. The van der Waals surface area contributed by atoms with Crippen LogP contribution in [0.2, 0.25) is 5.02 Å². The van der Waals surface area contributed by atoms with Gasteiger partial charge >= 0.3 is 0 Å². The molecule has 1 heterocycles. The molecule has 0 aliphatic rings. The smallest absolute Gasteiger partial charge is 0.219 e. The minimum Gasteiger partial charge on any atom is -0.457 e. The van der Waals surface area contributed by atoms with E-state index in [2.05, 4.69) is 4.98 Å². The van der Waals surface area contributed by atoms with Gasteiger partial charge in [-0.15, -0.1) is 0 Å². The number of aromatic nitrogens is 1. The Morgan fingerprint density at radius 3 is 1.90 bits per heavy atom. The van der Waals surface area contributed by atoms with Crippen molar-refractivity contribution < 1.29 is 9.47 Å². The molecule has 0 aliphatic carbocycles. The summed E-state index contributed by atoms with van der Waals surface area (Å²) in [6, 6.07) is 20.4. The quantitative estimate of drug-likeness (QED) is 0.653. The summed E-state index contributed by atoms with van der Waals surface area (Å²) in [5.74, 6) is 2.73. The van der Waals surface area contributed by atoms with Gasteiger partial charge in [0, 0.05) is 12.3 Å². The van der Waals surface area contributed by atoms with Crippen molar-refractivity contribution in [1.82, 2.24) is 4.98 Å². The van der Waals surface area contributed by atoms with E-state index in [1.807, 2.05) is 54.6 Å². The molecular formula is C17H12ClNO2. The van der Waals surface area contributed by atoms with Crippen molar-refractivity contribution in [2.24, 2.45) is 0 Å². The molecular weight excluding hydrogens is 286 g/mol. The number of hydrogen-bond acceptors (Lipinski definition) is 3. The zero-order valence-electron chi connectivity index (χ0n) is 11.1. The SMILES string of the molecule is Clc1ccc(Oc2ccc(Oc3ccccc3)cc2)nc1. The second kappa shape index (κ2) is 6.29. The van der Waals surface area contributed by atoms with Crippen LogP contribution in [-0.4, -0.2) is 4.98 Å². The maximum atomic E-state index is 5.78. The first-order valence-electron chi connectivity index (χ1n) is 6.42. The molecule has 3 rings (SSSR count). The minimum absolute atomic E-state index is 0.496. The average Bonchev–Trinajstić information content (AvgIpc) is 2.53. The van der Waals surface area contributed by atoms with E-state index >= 15 is 0 Å². The Morgan fingerprint density at radius 2 is 1.29 bits per heavy atom. The number of rotatable bonds is 4. The van der Waals surface area contributed by atoms with E-state index in [0.29, 0.717) is 16.7 Å². The van der Waals surface area contributed by atoms with Gasteiger partial charge in [-0.3, -0.25) is 0 Å². The van der Waals surface area contributed by atoms with Gasteiger partial charge in [0.15, 0.2) is 0 Å². The molecule has 0 aliphatic heterocycles. The summed E-state index contributed by atoms with van der Waals surface area (Å²) in [6.45, 7) is 0. The van der Waals surface area contributed by atoms with Crippen molar-refractivity contribution in [3.63, 3.8) is 0 Å². The molecule has 1 aromatic heterocycles. The molecule has 4 heteroatoms. The van der Waals surface area contributed by atoms with Crippen LogP contribution in [-0.2, 0) is 0 Å². The van der Waals surface area contributed by atoms with Crippen LogP contribution in [0.15, 0.2) is 72.9 Å². The summed E-state index contributed by atoms with van der Waals surface area (Å²) in [7, 11) is 0. The molecule has 3 aromatic rings. The van der Waals surface area contributed by atoms with Crippen LogP contribution in [0.4, 0.5) is 0 Å². The fourth-order valence-corrected chi connectivity index (χ4v) is 1.86. The number of hydrogen-bond donors (Lipinski definition) is 0. The van der Waals surface area contributed by atoms with E-state index in [4.69, 9.17) is 21.1 Å². The molecule has 0 unspecified atom stereocenters. The molecule has 21 heavy (non-hydrogen) atoms. The van der Waals surface area contributed by atoms with Crippen LogP contribution in [0.3, 0.4) is 0 Å². The number of ether oxygens (including phenoxy) is 2. The van der Waals surface area contributed by atoms with Crippen molar-refractivity contribution in [3.8, 4) is 23.1 Å². The first kappa shape index (κ1) is 13.5. The van der Waals surface area contributed by atoms with E-state index in [0.717, 1.165) is 11.5 Å². The van der Waals surface area contributed by atoms with Gasteiger partial charge in [0.25, 0.3) is 0 Å². The zero-order chi connectivity index (χ0) is 14.5. The van der Waals surface area contributed by atoms with Gasteiger partial charge in [-0.05, 0) is 42.5 Å². The first-order chi connectivity index (χ1) is 10.3. The molecule has 0 saturated carbocycles. The third-order valence-electron chi connectivity index (χ3n) is 2.73. The van der Waals surface area contributed by atoms with Gasteiger partial charge in [0.05, 0.1) is 5.02 Å². The molecule has 104 valence electrons. The van der Waals surface area contributed by atoms with Crippen molar-refractivity contribution in [2.45, 2.75) is 0 Å². The summed E-state index contributed by atoms with van der Waals surface area (Å²) in [5, 5.41) is 0.578. The highest BCUT2D eigenvalue weighted by Crippen LogP contribution is 2.26. The lowest BCUT2D eigenvalue weighted by Crippen LogP contribution is -1.88. The third kappa shape index (κ3) is 3.74. The lowest BCUT2D eigenvalue weighted by Gasteiger charge is -2.07. The Balaban J connectivity index is 1.68. The van der Waals surface area contributed by atoms with Crippen LogP contribution >= 0.6 is 11.6 Å². The molecule has 0 N–H and O–H groups in total. The van der Waals surface area contributed by atoms with Gasteiger partial charge in [-0.2, -0.15) is 0 Å². The first-order valence-corrected chi connectivity index (χ1v) is 6.80. The molecule has 2 aromatic carbocycles. The Morgan fingerprint density at radius 1 is 0.667 bits per heavy atom. The van der Waals surface area contributed by atoms with Gasteiger partial charge in [-0.1, -0.05) is 29.8 Å². The van der Waals surface area contributed by atoms with Gasteiger partial charge in [0.2, 0.25) is 5.88 Å². The molecule has 0 saturated heterocycles. The van der Waals surface area contributed by atoms with E-state index < -0.39 is 0 Å². The van der Waals surface area contributed by atoms with Crippen molar-refractivity contribution in [2.75, 3.05) is 0 Å². The van der Waals surface area contributed by atoms with Crippen LogP contribution in [0.1, 0.15) is 0 Å². The largest absolute Gasteiger partial charge is 0.457 e. The lowest BCUT2D eigenvalue weighted by molar-refractivity contribution is 0.456. The molecule has 0 atom stereocenters. The Hall–Kier alpha value is -2.52. The average molecular weight is 298 g/mol. The van der Waals surface area contributed by atoms with E-state index in [1.54, 1.807) is 18.3 Å². The predicted molar refractivity (Wildman–Crippen MR) is 82.3 cm³/mol. The normalized spacial score (nSPS) is 10.1. The monoisotopic (exact) mass is 297 g/mol. The highest BCUT2D eigenvalue weighted by atomic mass is 35.5. The minimum atomic E-state index is 0.496. The maximum Gasteiger partial charge on any atom is 0.219 e. The summed E-state index contributed by atoms with van der Waals surface area (Å²) in [5.41, 5.74) is 0. The second-order valence-corrected chi connectivity index (χ2v) is 4.74. The second-order valence-electron chi connectivity index (χ2n) is 4.30. The molecule has 0 fully saturated rings. The highest BCUT2D eigenvalue weighted by molar-refractivity contribution is 6.30. The van der Waals surface area contributed by atoms with Crippen LogP contribution in [0.5, 0.6) is 23.1 Å². The van der Waals surface area contributed by atoms with Crippen molar-refractivity contribution in [1.29, 1.82) is 0 Å². The maximum absolute atomic E-state index is 5.78. The molecule has 0 radical (unpaired) electrons. The molecule has 0 bridgehead atoms. The fraction of sp³-hybridized carbons (Fsp3) is 0. The van der Waals surface area contributed by atoms with Crippen LogP contribution in [0.25, 0.3) is 0 Å². The third-order valence-corrected chi connectivity index (χ3v) is 2.95. The molecule has 0 spiro atoms. The topological polar surface area (TPSA) is 31.4 Å². The Labute approximate surface area is 127 Å². The summed E-state index contributed by atoms with van der Waals surface area (Å²) in [6.07, 6.45) is 1.55. The lowest BCUT2D eigenvalue weighted by atomic mass is 10.3. The Kier molecular flexibility index (Phi) is 4.03. The van der Waals surface area contributed by atoms with E-state index in [-0.39, 0.29) is 0 Å². The van der Waals surface area contributed by atoms with Gasteiger partial charge < -0.3 is 9.47 Å². The fourth-order valence-electron chi connectivity index (χ4n) is 1.74. The summed E-state index contributed by atoms with van der Waals surface area (Å²) >= 11 is 5.78. The van der Waals surface area contributed by atoms with Gasteiger partial charge in [-0.25, -0.2) is 4.98 Å². The zero-order valence-corrected chi connectivity index (χ0v) is 11.8. The standard InChI is InChI=1S/C17H12ClNO2/c18-13-6-11-17(19-12-13)21-16-9-7-15(8-10-16)20-14-4-2-1-3-5-14/h1-12H. The highest BCUT2D eigenvalue weighted by Gasteiger charge is 2.01. The predicted octanol–water partition coefficient (Wildman–Crippen LogP) is 5.32. The van der Waals surface area contributed by atoms with E-state index in [1.165, 1.54) is 0 Å². The van der Waals surface area contributed by atoms with E-state index in [9.17, 15) is 0 Å². The number of benzene rings is 2. The number of para-hydroxylation sites is 1. The summed E-state index contributed by atoms with van der Waals surface area (Å²) < 4.78 is 11.3. The Bertz CT molecular complexity index is 697. The van der Waals surface area contributed by atoms with Crippen molar-refractivity contribution >= 4 is 11.6 Å². The molecule has 3 nitrogen and oxygen atoms in total. The van der Waals surface area contributed by atoms with Gasteiger partial charge in [0.1, 0.15) is 17.2 Å². The summed E-state index contributed by atoms with van der Waals surface area (Å²) in [4.78, 5) is 4.08. The van der Waals surface area contributed by atoms with Crippen LogP contribution < -0.4 is 9.47 Å².